The summed E-state index contributed by atoms with van der Waals surface area (Å²) >= 11 is 1.28. The van der Waals surface area contributed by atoms with Crippen LogP contribution in [0.3, 0.4) is 0 Å². The number of hydrogen-bond acceptors (Lipinski definition) is 7. The first-order valence-corrected chi connectivity index (χ1v) is 10.4. The van der Waals surface area contributed by atoms with E-state index in [2.05, 4.69) is 14.7 Å². The van der Waals surface area contributed by atoms with Crippen LogP contribution in [0.5, 0.6) is 0 Å². The van der Waals surface area contributed by atoms with E-state index in [9.17, 15) is 18.0 Å². The molecule has 0 atom stereocenters. The van der Waals surface area contributed by atoms with E-state index < -0.39 is 16.0 Å². The van der Waals surface area contributed by atoms with Gasteiger partial charge in [0.2, 0.25) is 10.0 Å². The van der Waals surface area contributed by atoms with Gasteiger partial charge in [-0.3, -0.25) is 9.59 Å². The third-order valence-electron chi connectivity index (χ3n) is 3.69. The average Bonchev–Trinajstić information content (AvgIpc) is 3.09. The van der Waals surface area contributed by atoms with E-state index in [1.807, 2.05) is 6.92 Å². The molecule has 0 spiro atoms. The minimum atomic E-state index is -3.68. The number of aromatic amines is 1. The quantitative estimate of drug-likeness (QED) is 0.576. The number of H-pyrrole nitrogens is 1. The van der Waals surface area contributed by atoms with Gasteiger partial charge in [0.15, 0.2) is 0 Å². The van der Waals surface area contributed by atoms with E-state index in [0.29, 0.717) is 10.2 Å². The van der Waals surface area contributed by atoms with Crippen molar-refractivity contribution in [2.45, 2.75) is 24.8 Å². The number of sulfonamides is 1. The number of rotatable bonds is 7. The Labute approximate surface area is 159 Å². The molecule has 0 amide bonds. The summed E-state index contributed by atoms with van der Waals surface area (Å²) in [5.41, 5.74) is 1.21. The van der Waals surface area contributed by atoms with Gasteiger partial charge in [0.25, 0.3) is 5.56 Å². The highest BCUT2D eigenvalue weighted by molar-refractivity contribution is 7.89. The number of fused-ring (bicyclic) bond motifs is 1. The smallest absolute Gasteiger partial charge is 0.307 e. The summed E-state index contributed by atoms with van der Waals surface area (Å²) in [7, 11) is -3.68. The maximum atomic E-state index is 12.1. The van der Waals surface area contributed by atoms with Gasteiger partial charge >= 0.3 is 5.97 Å². The lowest BCUT2D eigenvalue weighted by Crippen LogP contribution is -2.26. The first-order valence-electron chi connectivity index (χ1n) is 8.03. The summed E-state index contributed by atoms with van der Waals surface area (Å²) in [6, 6.07) is 8.10. The first kappa shape index (κ1) is 19.2. The summed E-state index contributed by atoms with van der Waals surface area (Å²) in [5.74, 6) is -0.367. The van der Waals surface area contributed by atoms with Crippen molar-refractivity contribution in [1.29, 1.82) is 0 Å². The number of ether oxygens (including phenoxy) is 1. The topological polar surface area (TPSA) is 118 Å². The molecule has 0 bridgehead atoms. The second-order valence-corrected chi connectivity index (χ2v) is 8.45. The highest BCUT2D eigenvalue weighted by Gasteiger charge is 2.14. The van der Waals surface area contributed by atoms with Crippen molar-refractivity contribution in [2.24, 2.45) is 0 Å². The Morgan fingerprint density at radius 2 is 2.00 bits per heavy atom. The number of aryl methyl sites for hydroxylation is 1. The van der Waals surface area contributed by atoms with Crippen LogP contribution in [0.1, 0.15) is 17.8 Å². The second-order valence-electron chi connectivity index (χ2n) is 5.77. The monoisotopic (exact) mass is 407 g/mol. The number of nitrogens with zero attached hydrogens (tertiary/aromatic N) is 1. The molecular formula is C17H17N3O5S2. The minimum absolute atomic E-state index is 0.0947. The number of benzene rings is 1. The van der Waals surface area contributed by atoms with Gasteiger partial charge in [-0.2, -0.15) is 0 Å². The van der Waals surface area contributed by atoms with Crippen LogP contribution in [0.15, 0.2) is 45.4 Å². The van der Waals surface area contributed by atoms with Crippen molar-refractivity contribution in [2.75, 3.05) is 6.54 Å². The zero-order chi connectivity index (χ0) is 19.4. The lowest BCUT2D eigenvalue weighted by molar-refractivity contribution is -0.145. The Morgan fingerprint density at radius 3 is 2.74 bits per heavy atom. The van der Waals surface area contributed by atoms with E-state index in [1.165, 1.54) is 23.5 Å². The maximum Gasteiger partial charge on any atom is 0.307 e. The fourth-order valence-corrected chi connectivity index (χ4v) is 4.06. The maximum absolute atomic E-state index is 12.1. The van der Waals surface area contributed by atoms with Crippen LogP contribution in [-0.2, 0) is 26.2 Å². The molecule has 0 unspecified atom stereocenters. The van der Waals surface area contributed by atoms with Crippen molar-refractivity contribution >= 4 is 37.5 Å². The minimum Gasteiger partial charge on any atom is -0.457 e. The number of nitrogens with one attached hydrogen (secondary N) is 2. The van der Waals surface area contributed by atoms with Crippen LogP contribution in [0.4, 0.5) is 0 Å². The molecule has 1 aromatic carbocycles. The van der Waals surface area contributed by atoms with Crippen LogP contribution < -0.4 is 10.3 Å². The molecule has 10 heteroatoms. The molecule has 0 radical (unpaired) electrons. The molecule has 27 heavy (non-hydrogen) atoms. The summed E-state index contributed by atoms with van der Waals surface area (Å²) in [4.78, 5) is 30.5. The summed E-state index contributed by atoms with van der Waals surface area (Å²) < 4.78 is 32.2. The Bertz CT molecular complexity index is 1120. The SMILES string of the molecule is Cc1ccc(S(=O)(=O)NCCC(=O)OCc2nc3ccsc3c(=O)[nH]2)cc1. The van der Waals surface area contributed by atoms with Crippen molar-refractivity contribution < 1.29 is 17.9 Å². The van der Waals surface area contributed by atoms with Crippen molar-refractivity contribution in [3.05, 3.63) is 57.5 Å². The van der Waals surface area contributed by atoms with Crippen LogP contribution >= 0.6 is 11.3 Å². The van der Waals surface area contributed by atoms with E-state index in [1.54, 1.807) is 23.6 Å². The largest absolute Gasteiger partial charge is 0.457 e. The molecule has 2 heterocycles. The summed E-state index contributed by atoms with van der Waals surface area (Å²) in [5, 5.41) is 1.75. The van der Waals surface area contributed by atoms with Crippen LogP contribution in [0, 0.1) is 6.92 Å². The van der Waals surface area contributed by atoms with Gasteiger partial charge in [-0.15, -0.1) is 11.3 Å². The molecule has 0 aliphatic carbocycles. The number of carbonyl (C=O) groups is 1. The zero-order valence-electron chi connectivity index (χ0n) is 14.4. The lowest BCUT2D eigenvalue weighted by atomic mass is 10.2. The Morgan fingerprint density at radius 1 is 1.26 bits per heavy atom. The van der Waals surface area contributed by atoms with Crippen LogP contribution in [-0.4, -0.2) is 30.9 Å². The molecule has 0 saturated carbocycles. The highest BCUT2D eigenvalue weighted by atomic mass is 32.2. The van der Waals surface area contributed by atoms with Gasteiger partial charge in [0, 0.05) is 6.54 Å². The van der Waals surface area contributed by atoms with E-state index in [-0.39, 0.29) is 35.9 Å². The summed E-state index contributed by atoms with van der Waals surface area (Å²) in [6.07, 6.45) is -0.143. The Balaban J connectivity index is 1.50. The fraction of sp³-hybridized carbons (Fsp3) is 0.235. The van der Waals surface area contributed by atoms with Crippen molar-refractivity contribution in [1.82, 2.24) is 14.7 Å². The molecule has 3 rings (SSSR count). The van der Waals surface area contributed by atoms with Crippen molar-refractivity contribution in [3.8, 4) is 0 Å². The van der Waals surface area contributed by atoms with E-state index in [0.717, 1.165) is 5.56 Å². The van der Waals surface area contributed by atoms with Crippen molar-refractivity contribution in [3.63, 3.8) is 0 Å². The molecule has 8 nitrogen and oxygen atoms in total. The van der Waals surface area contributed by atoms with Gasteiger partial charge in [-0.05, 0) is 30.5 Å². The van der Waals surface area contributed by atoms with E-state index in [4.69, 9.17) is 4.74 Å². The molecule has 3 aromatic rings. The number of esters is 1. The van der Waals surface area contributed by atoms with Gasteiger partial charge in [-0.25, -0.2) is 18.1 Å². The zero-order valence-corrected chi connectivity index (χ0v) is 16.0. The molecule has 0 aliphatic rings. The predicted molar refractivity (Wildman–Crippen MR) is 101 cm³/mol. The molecular weight excluding hydrogens is 390 g/mol. The Hall–Kier alpha value is -2.56. The van der Waals surface area contributed by atoms with Gasteiger partial charge in [0.05, 0.1) is 16.8 Å². The molecule has 0 saturated heterocycles. The molecule has 142 valence electrons. The van der Waals surface area contributed by atoms with Gasteiger partial charge in [0.1, 0.15) is 17.1 Å². The molecule has 2 aromatic heterocycles. The third kappa shape index (κ3) is 4.79. The average molecular weight is 407 g/mol. The standard InChI is InChI=1S/C17H17N3O5S2/c1-11-2-4-12(5-3-11)27(23,24)18-8-6-15(21)25-10-14-19-13-7-9-26-16(13)17(22)20-14/h2-5,7,9,18H,6,8,10H2,1H3,(H,19,20,22). The molecule has 0 fully saturated rings. The predicted octanol–water partition coefficient (Wildman–Crippen LogP) is 1.70. The second kappa shape index (κ2) is 7.99. The van der Waals surface area contributed by atoms with Gasteiger partial charge in [-0.1, -0.05) is 17.7 Å². The van der Waals surface area contributed by atoms with E-state index >= 15 is 0 Å². The number of aromatic nitrogens is 2. The number of thiophene rings is 1. The fourth-order valence-electron chi connectivity index (χ4n) is 2.30. The molecule has 2 N–H and O–H groups in total. The summed E-state index contributed by atoms with van der Waals surface area (Å²) in [6.45, 7) is 1.57. The normalized spacial score (nSPS) is 11.6. The van der Waals surface area contributed by atoms with Crippen LogP contribution in [0.25, 0.3) is 10.2 Å². The van der Waals surface area contributed by atoms with Crippen LogP contribution in [0.2, 0.25) is 0 Å². The first-order chi connectivity index (χ1) is 12.8. The third-order valence-corrected chi connectivity index (χ3v) is 6.07. The lowest BCUT2D eigenvalue weighted by Gasteiger charge is -2.07. The number of hydrogen-bond donors (Lipinski definition) is 2. The highest BCUT2D eigenvalue weighted by Crippen LogP contribution is 2.14. The Kier molecular flexibility index (Phi) is 5.68. The van der Waals surface area contributed by atoms with Gasteiger partial charge < -0.3 is 9.72 Å². The molecule has 0 aliphatic heterocycles. The number of carbonyl (C=O) groups excluding carboxylic acids is 1.